The maximum Gasteiger partial charge on any atom is 0.147 e. The predicted molar refractivity (Wildman–Crippen MR) is 68.6 cm³/mol. The standard InChI is InChI=1S/C11H16Cl2N2O/c1-3-15(4-5-16-2)11-10(13)6-9(7-12)8-14-11/h6,8H,3-5,7H2,1-2H3. The van der Waals surface area contributed by atoms with Crippen LogP contribution in [0.15, 0.2) is 12.3 Å². The summed E-state index contributed by atoms with van der Waals surface area (Å²) < 4.78 is 5.05. The Morgan fingerprint density at radius 3 is 2.75 bits per heavy atom. The molecule has 0 bridgehead atoms. The van der Waals surface area contributed by atoms with E-state index in [4.69, 9.17) is 27.9 Å². The zero-order valence-electron chi connectivity index (χ0n) is 9.54. The summed E-state index contributed by atoms with van der Waals surface area (Å²) in [6, 6.07) is 1.85. The van der Waals surface area contributed by atoms with Crippen LogP contribution in [0.5, 0.6) is 0 Å². The summed E-state index contributed by atoms with van der Waals surface area (Å²) in [6.45, 7) is 4.34. The average Bonchev–Trinajstić information content (AvgIpc) is 2.31. The maximum absolute atomic E-state index is 6.16. The molecule has 0 aliphatic heterocycles. The molecule has 0 saturated carbocycles. The van der Waals surface area contributed by atoms with Gasteiger partial charge in [0.25, 0.3) is 0 Å². The quantitative estimate of drug-likeness (QED) is 0.738. The Bertz CT molecular complexity index is 334. The van der Waals surface area contributed by atoms with E-state index in [-0.39, 0.29) is 0 Å². The van der Waals surface area contributed by atoms with Gasteiger partial charge in [-0.3, -0.25) is 0 Å². The molecular weight excluding hydrogens is 247 g/mol. The lowest BCUT2D eigenvalue weighted by molar-refractivity contribution is 0.205. The first-order valence-electron chi connectivity index (χ1n) is 5.17. The number of alkyl halides is 1. The number of anilines is 1. The molecule has 16 heavy (non-hydrogen) atoms. The Labute approximate surface area is 106 Å². The van der Waals surface area contributed by atoms with Gasteiger partial charge in [-0.2, -0.15) is 0 Å². The first kappa shape index (κ1) is 13.6. The van der Waals surface area contributed by atoms with Gasteiger partial charge in [-0.25, -0.2) is 4.98 Å². The van der Waals surface area contributed by atoms with Gasteiger partial charge in [0.2, 0.25) is 0 Å². The number of rotatable bonds is 6. The molecule has 0 spiro atoms. The van der Waals surface area contributed by atoms with Crippen LogP contribution in [-0.2, 0) is 10.6 Å². The van der Waals surface area contributed by atoms with Crippen molar-refractivity contribution >= 4 is 29.0 Å². The number of halogens is 2. The van der Waals surface area contributed by atoms with Gasteiger partial charge in [0.15, 0.2) is 0 Å². The lowest BCUT2D eigenvalue weighted by Gasteiger charge is -2.22. The van der Waals surface area contributed by atoms with Crippen molar-refractivity contribution in [1.29, 1.82) is 0 Å². The maximum atomic E-state index is 6.16. The molecule has 0 aliphatic carbocycles. The monoisotopic (exact) mass is 262 g/mol. The second-order valence-corrected chi connectivity index (χ2v) is 4.03. The van der Waals surface area contributed by atoms with Crippen molar-refractivity contribution in [3.63, 3.8) is 0 Å². The van der Waals surface area contributed by atoms with E-state index < -0.39 is 0 Å². The van der Waals surface area contributed by atoms with Gasteiger partial charge < -0.3 is 9.64 Å². The molecule has 1 rings (SSSR count). The largest absolute Gasteiger partial charge is 0.383 e. The normalized spacial score (nSPS) is 10.5. The molecule has 1 aromatic heterocycles. The van der Waals surface area contributed by atoms with Crippen LogP contribution in [0, 0.1) is 0 Å². The molecule has 0 atom stereocenters. The number of aromatic nitrogens is 1. The van der Waals surface area contributed by atoms with Crippen LogP contribution in [-0.4, -0.2) is 31.8 Å². The minimum absolute atomic E-state index is 0.428. The van der Waals surface area contributed by atoms with Gasteiger partial charge in [0.1, 0.15) is 5.82 Å². The fourth-order valence-corrected chi connectivity index (χ4v) is 1.85. The topological polar surface area (TPSA) is 25.4 Å². The lowest BCUT2D eigenvalue weighted by atomic mass is 10.3. The van der Waals surface area contributed by atoms with E-state index in [1.54, 1.807) is 13.3 Å². The summed E-state index contributed by atoms with van der Waals surface area (Å²) >= 11 is 11.9. The predicted octanol–water partition coefficient (Wildman–Crippen LogP) is 2.95. The van der Waals surface area contributed by atoms with E-state index >= 15 is 0 Å². The molecule has 5 heteroatoms. The SMILES string of the molecule is CCN(CCOC)c1ncc(CCl)cc1Cl. The summed E-state index contributed by atoms with van der Waals surface area (Å²) in [5, 5.41) is 0.635. The summed E-state index contributed by atoms with van der Waals surface area (Å²) in [5.74, 6) is 1.21. The molecule has 0 aromatic carbocycles. The van der Waals surface area contributed by atoms with Crippen LogP contribution in [0.2, 0.25) is 5.02 Å². The van der Waals surface area contributed by atoms with Crippen LogP contribution >= 0.6 is 23.2 Å². The highest BCUT2D eigenvalue weighted by atomic mass is 35.5. The number of hydrogen-bond acceptors (Lipinski definition) is 3. The Morgan fingerprint density at radius 2 is 2.25 bits per heavy atom. The molecule has 0 fully saturated rings. The summed E-state index contributed by atoms with van der Waals surface area (Å²) in [6.07, 6.45) is 1.75. The lowest BCUT2D eigenvalue weighted by Crippen LogP contribution is -2.28. The van der Waals surface area contributed by atoms with Gasteiger partial charge >= 0.3 is 0 Å². The summed E-state index contributed by atoms with van der Waals surface area (Å²) in [5.41, 5.74) is 0.929. The molecule has 0 unspecified atom stereocenters. The number of likely N-dealkylation sites (N-methyl/N-ethyl adjacent to an activating group) is 1. The van der Waals surface area contributed by atoms with Crippen molar-refractivity contribution in [2.75, 3.05) is 31.7 Å². The molecular formula is C11H16Cl2N2O. The second-order valence-electron chi connectivity index (χ2n) is 3.36. The van der Waals surface area contributed by atoms with Crippen LogP contribution in [0.4, 0.5) is 5.82 Å². The number of ether oxygens (including phenoxy) is 1. The molecule has 90 valence electrons. The molecule has 3 nitrogen and oxygen atoms in total. The number of methoxy groups -OCH3 is 1. The smallest absolute Gasteiger partial charge is 0.147 e. The zero-order chi connectivity index (χ0) is 12.0. The molecule has 0 amide bonds. The zero-order valence-corrected chi connectivity index (χ0v) is 11.1. The highest BCUT2D eigenvalue weighted by molar-refractivity contribution is 6.33. The second kappa shape index (κ2) is 6.94. The van der Waals surface area contributed by atoms with Gasteiger partial charge in [0, 0.05) is 32.3 Å². The molecule has 1 aromatic rings. The third-order valence-corrected chi connectivity index (χ3v) is 2.87. The van der Waals surface area contributed by atoms with Crippen LogP contribution in [0.3, 0.4) is 0 Å². The van der Waals surface area contributed by atoms with Crippen LogP contribution in [0.1, 0.15) is 12.5 Å². The Hall–Kier alpha value is -0.510. The van der Waals surface area contributed by atoms with Crippen molar-refractivity contribution in [3.05, 3.63) is 22.8 Å². The first-order valence-corrected chi connectivity index (χ1v) is 6.08. The third kappa shape index (κ3) is 3.51. The fraction of sp³-hybridized carbons (Fsp3) is 0.545. The van der Waals surface area contributed by atoms with E-state index in [0.29, 0.717) is 17.5 Å². The number of pyridine rings is 1. The molecule has 0 N–H and O–H groups in total. The van der Waals surface area contributed by atoms with Crippen LogP contribution < -0.4 is 4.90 Å². The Morgan fingerprint density at radius 1 is 1.50 bits per heavy atom. The Kier molecular flexibility index (Phi) is 5.88. The van der Waals surface area contributed by atoms with Crippen molar-refractivity contribution in [2.45, 2.75) is 12.8 Å². The Balaban J connectivity index is 2.83. The van der Waals surface area contributed by atoms with Crippen molar-refractivity contribution < 1.29 is 4.74 Å². The fourth-order valence-electron chi connectivity index (χ4n) is 1.39. The molecule has 0 aliphatic rings. The molecule has 0 saturated heterocycles. The summed E-state index contributed by atoms with van der Waals surface area (Å²) in [4.78, 5) is 6.40. The van der Waals surface area contributed by atoms with E-state index in [2.05, 4.69) is 16.8 Å². The van der Waals surface area contributed by atoms with Gasteiger partial charge in [0.05, 0.1) is 11.6 Å². The summed E-state index contributed by atoms with van der Waals surface area (Å²) in [7, 11) is 1.68. The van der Waals surface area contributed by atoms with E-state index in [1.807, 2.05) is 6.07 Å². The first-order chi connectivity index (χ1) is 7.72. The average molecular weight is 263 g/mol. The number of nitrogens with zero attached hydrogens (tertiary/aromatic N) is 2. The van der Waals surface area contributed by atoms with E-state index in [1.165, 1.54) is 0 Å². The molecule has 0 radical (unpaired) electrons. The van der Waals surface area contributed by atoms with Crippen molar-refractivity contribution in [1.82, 2.24) is 4.98 Å². The van der Waals surface area contributed by atoms with Crippen LogP contribution in [0.25, 0.3) is 0 Å². The highest BCUT2D eigenvalue weighted by Gasteiger charge is 2.10. The molecule has 1 heterocycles. The van der Waals surface area contributed by atoms with Crippen molar-refractivity contribution in [3.8, 4) is 0 Å². The number of hydrogen-bond donors (Lipinski definition) is 0. The van der Waals surface area contributed by atoms with Gasteiger partial charge in [-0.05, 0) is 18.6 Å². The third-order valence-electron chi connectivity index (χ3n) is 2.28. The minimum atomic E-state index is 0.428. The van der Waals surface area contributed by atoms with Crippen molar-refractivity contribution in [2.24, 2.45) is 0 Å². The van der Waals surface area contributed by atoms with Gasteiger partial charge in [-0.1, -0.05) is 11.6 Å². The van der Waals surface area contributed by atoms with E-state index in [0.717, 1.165) is 24.5 Å². The van der Waals surface area contributed by atoms with E-state index in [9.17, 15) is 0 Å². The minimum Gasteiger partial charge on any atom is -0.383 e. The highest BCUT2D eigenvalue weighted by Crippen LogP contribution is 2.24. The van der Waals surface area contributed by atoms with Gasteiger partial charge in [-0.15, -0.1) is 11.6 Å².